The van der Waals surface area contributed by atoms with Crippen LogP contribution in [-0.2, 0) is 13.1 Å². The molecule has 0 atom stereocenters. The molecule has 6 heteroatoms. The summed E-state index contributed by atoms with van der Waals surface area (Å²) in [5.74, 6) is 1.87. The van der Waals surface area contributed by atoms with Gasteiger partial charge in [0, 0.05) is 13.1 Å². The van der Waals surface area contributed by atoms with Crippen molar-refractivity contribution in [3.63, 3.8) is 0 Å². The third-order valence-corrected chi connectivity index (χ3v) is 5.12. The van der Waals surface area contributed by atoms with E-state index < -0.39 is 0 Å². The number of guanidine groups is 1. The predicted octanol–water partition coefficient (Wildman–Crippen LogP) is 3.35. The summed E-state index contributed by atoms with van der Waals surface area (Å²) in [6, 6.07) is 8.51. The summed E-state index contributed by atoms with van der Waals surface area (Å²) in [6.07, 6.45) is 11.6. The molecule has 0 radical (unpaired) electrons. The number of aliphatic imine (C=N–C) groups is 1. The zero-order chi connectivity index (χ0) is 18.7. The molecule has 3 rings (SSSR count). The minimum absolute atomic E-state index is 0.670. The third-order valence-electron chi connectivity index (χ3n) is 5.12. The van der Waals surface area contributed by atoms with Gasteiger partial charge in [0.05, 0.1) is 13.1 Å². The molecule has 146 valence electrons. The SMILES string of the molecule is CCNC(=NCc1cccc(Cn2cncn2)c1)NCCCC1CCCC1. The summed E-state index contributed by atoms with van der Waals surface area (Å²) in [5, 5.41) is 11.0. The maximum absolute atomic E-state index is 4.75. The molecule has 1 fully saturated rings. The molecular formula is C21H32N6. The molecule has 1 saturated carbocycles. The molecule has 0 bridgehead atoms. The summed E-state index contributed by atoms with van der Waals surface area (Å²) in [4.78, 5) is 8.75. The summed E-state index contributed by atoms with van der Waals surface area (Å²) in [5.41, 5.74) is 2.42. The fraction of sp³-hybridized carbons (Fsp3) is 0.571. The minimum Gasteiger partial charge on any atom is -0.357 e. The van der Waals surface area contributed by atoms with Crippen molar-refractivity contribution in [1.29, 1.82) is 0 Å². The van der Waals surface area contributed by atoms with Crippen molar-refractivity contribution >= 4 is 5.96 Å². The van der Waals surface area contributed by atoms with Gasteiger partial charge in [-0.1, -0.05) is 49.9 Å². The Kier molecular flexibility index (Phi) is 7.69. The standard InChI is InChI=1S/C21H32N6/c1-2-23-21(24-12-6-11-18-7-3-4-8-18)25-14-19-9-5-10-20(13-19)15-27-17-22-16-26-27/h5,9-10,13,16-18H,2-4,6-8,11-12,14-15H2,1H3,(H2,23,24,25). The first-order valence-electron chi connectivity index (χ1n) is 10.3. The summed E-state index contributed by atoms with van der Waals surface area (Å²) in [6.45, 7) is 5.38. The molecule has 1 aliphatic carbocycles. The van der Waals surface area contributed by atoms with Crippen molar-refractivity contribution < 1.29 is 0 Å². The van der Waals surface area contributed by atoms with Crippen LogP contribution in [0.4, 0.5) is 0 Å². The molecule has 0 aliphatic heterocycles. The molecule has 0 amide bonds. The molecule has 6 nitrogen and oxygen atoms in total. The van der Waals surface area contributed by atoms with E-state index in [9.17, 15) is 0 Å². The summed E-state index contributed by atoms with van der Waals surface area (Å²) in [7, 11) is 0. The van der Waals surface area contributed by atoms with Gasteiger partial charge in [0.25, 0.3) is 0 Å². The van der Waals surface area contributed by atoms with Crippen LogP contribution < -0.4 is 10.6 Å². The van der Waals surface area contributed by atoms with Crippen LogP contribution in [0.2, 0.25) is 0 Å². The lowest BCUT2D eigenvalue weighted by molar-refractivity contribution is 0.481. The minimum atomic E-state index is 0.670. The van der Waals surface area contributed by atoms with Gasteiger partial charge in [0.1, 0.15) is 12.7 Å². The molecule has 1 aromatic heterocycles. The second-order valence-electron chi connectivity index (χ2n) is 7.33. The normalized spacial score (nSPS) is 15.2. The van der Waals surface area contributed by atoms with Crippen molar-refractivity contribution in [1.82, 2.24) is 25.4 Å². The topological polar surface area (TPSA) is 67.1 Å². The largest absolute Gasteiger partial charge is 0.357 e. The Balaban J connectivity index is 1.48. The van der Waals surface area contributed by atoms with Crippen LogP contribution in [0.5, 0.6) is 0 Å². The van der Waals surface area contributed by atoms with Crippen LogP contribution in [0, 0.1) is 5.92 Å². The Morgan fingerprint density at radius 2 is 2.07 bits per heavy atom. The Hall–Kier alpha value is -2.37. The van der Waals surface area contributed by atoms with Gasteiger partial charge in [-0.2, -0.15) is 5.10 Å². The monoisotopic (exact) mass is 368 g/mol. The second kappa shape index (κ2) is 10.7. The highest BCUT2D eigenvalue weighted by atomic mass is 15.3. The lowest BCUT2D eigenvalue weighted by Gasteiger charge is -2.13. The summed E-state index contributed by atoms with van der Waals surface area (Å²) >= 11 is 0. The van der Waals surface area contributed by atoms with Crippen LogP contribution in [0.25, 0.3) is 0 Å². The predicted molar refractivity (Wildman–Crippen MR) is 110 cm³/mol. The molecule has 0 unspecified atom stereocenters. The number of aromatic nitrogens is 3. The van der Waals surface area contributed by atoms with E-state index in [1.54, 1.807) is 12.7 Å². The number of nitrogens with zero attached hydrogens (tertiary/aromatic N) is 4. The van der Waals surface area contributed by atoms with Gasteiger partial charge in [-0.3, -0.25) is 0 Å². The van der Waals surface area contributed by atoms with Gasteiger partial charge >= 0.3 is 0 Å². The molecule has 1 aromatic carbocycles. The first-order chi connectivity index (χ1) is 13.3. The van der Waals surface area contributed by atoms with E-state index in [4.69, 9.17) is 4.99 Å². The first kappa shape index (κ1) is 19.4. The number of hydrogen-bond acceptors (Lipinski definition) is 3. The van der Waals surface area contributed by atoms with Crippen LogP contribution in [0.3, 0.4) is 0 Å². The van der Waals surface area contributed by atoms with E-state index in [2.05, 4.69) is 51.9 Å². The Bertz CT molecular complexity index is 688. The van der Waals surface area contributed by atoms with Crippen molar-refractivity contribution in [2.24, 2.45) is 10.9 Å². The Morgan fingerprint density at radius 1 is 1.22 bits per heavy atom. The number of rotatable bonds is 9. The first-order valence-corrected chi connectivity index (χ1v) is 10.3. The van der Waals surface area contributed by atoms with Crippen molar-refractivity contribution in [2.45, 2.75) is 58.5 Å². The molecule has 27 heavy (non-hydrogen) atoms. The van der Waals surface area contributed by atoms with Crippen molar-refractivity contribution in [2.75, 3.05) is 13.1 Å². The Morgan fingerprint density at radius 3 is 2.85 bits per heavy atom. The highest BCUT2D eigenvalue weighted by molar-refractivity contribution is 5.79. The van der Waals surface area contributed by atoms with Crippen LogP contribution in [0.15, 0.2) is 41.9 Å². The number of nitrogens with one attached hydrogen (secondary N) is 2. The molecule has 1 aliphatic rings. The highest BCUT2D eigenvalue weighted by Gasteiger charge is 2.13. The lowest BCUT2D eigenvalue weighted by atomic mass is 10.0. The van der Waals surface area contributed by atoms with Gasteiger partial charge in [-0.05, 0) is 36.8 Å². The van der Waals surface area contributed by atoms with E-state index in [1.807, 2.05) is 4.68 Å². The van der Waals surface area contributed by atoms with Crippen LogP contribution in [-0.4, -0.2) is 33.8 Å². The molecule has 2 N–H and O–H groups in total. The number of hydrogen-bond donors (Lipinski definition) is 2. The average molecular weight is 369 g/mol. The van der Waals surface area contributed by atoms with Crippen molar-refractivity contribution in [3.8, 4) is 0 Å². The lowest BCUT2D eigenvalue weighted by Crippen LogP contribution is -2.37. The zero-order valence-electron chi connectivity index (χ0n) is 16.4. The van der Waals surface area contributed by atoms with E-state index in [0.717, 1.165) is 31.5 Å². The smallest absolute Gasteiger partial charge is 0.191 e. The molecule has 2 aromatic rings. The van der Waals surface area contributed by atoms with Gasteiger partial charge in [-0.15, -0.1) is 0 Å². The fourth-order valence-corrected chi connectivity index (χ4v) is 3.74. The second-order valence-corrected chi connectivity index (χ2v) is 7.33. The molecule has 0 spiro atoms. The van der Waals surface area contributed by atoms with E-state index >= 15 is 0 Å². The summed E-state index contributed by atoms with van der Waals surface area (Å²) < 4.78 is 1.83. The van der Waals surface area contributed by atoms with Crippen LogP contribution >= 0.6 is 0 Å². The van der Waals surface area contributed by atoms with E-state index in [1.165, 1.54) is 49.7 Å². The van der Waals surface area contributed by atoms with E-state index in [0.29, 0.717) is 6.54 Å². The Labute approximate surface area is 162 Å². The van der Waals surface area contributed by atoms with Crippen LogP contribution in [0.1, 0.15) is 56.6 Å². The zero-order valence-corrected chi connectivity index (χ0v) is 16.4. The average Bonchev–Trinajstić information content (AvgIpc) is 3.37. The molecule has 1 heterocycles. The fourth-order valence-electron chi connectivity index (χ4n) is 3.74. The van der Waals surface area contributed by atoms with Gasteiger partial charge in [0.15, 0.2) is 5.96 Å². The maximum Gasteiger partial charge on any atom is 0.191 e. The van der Waals surface area contributed by atoms with Gasteiger partial charge in [0.2, 0.25) is 0 Å². The van der Waals surface area contributed by atoms with Gasteiger partial charge < -0.3 is 10.6 Å². The van der Waals surface area contributed by atoms with Crippen molar-refractivity contribution in [3.05, 3.63) is 48.0 Å². The number of benzene rings is 1. The third kappa shape index (κ3) is 6.70. The van der Waals surface area contributed by atoms with E-state index in [-0.39, 0.29) is 0 Å². The van der Waals surface area contributed by atoms with Gasteiger partial charge in [-0.25, -0.2) is 14.7 Å². The molecular weight excluding hydrogens is 336 g/mol. The maximum atomic E-state index is 4.75. The quantitative estimate of drug-likeness (QED) is 0.405. The highest BCUT2D eigenvalue weighted by Crippen LogP contribution is 2.28. The molecule has 0 saturated heterocycles.